The number of rotatable bonds is 5. The molecule has 0 aliphatic rings. The van der Waals surface area contributed by atoms with Gasteiger partial charge in [0.2, 0.25) is 0 Å². The van der Waals surface area contributed by atoms with Gasteiger partial charge < -0.3 is 5.11 Å². The van der Waals surface area contributed by atoms with Gasteiger partial charge in [0.25, 0.3) is 0 Å². The van der Waals surface area contributed by atoms with Crippen LogP contribution >= 0.6 is 22.9 Å². The molecule has 0 amide bonds. The van der Waals surface area contributed by atoms with Gasteiger partial charge in [-0.3, -0.25) is 4.90 Å². The minimum Gasteiger partial charge on any atom is -0.478 e. The van der Waals surface area contributed by atoms with Crippen molar-refractivity contribution in [2.45, 2.75) is 13.1 Å². The standard InChI is InChI=1S/C14H13ClFNO2S/c1-17(8-11-3-5-13(15)20-11)7-9-6-10(16)2-4-12(9)14(18)19/h2-6H,7-8H2,1H3,(H,18,19). The lowest BCUT2D eigenvalue weighted by molar-refractivity contribution is 0.0694. The first-order valence-corrected chi connectivity index (χ1v) is 7.09. The van der Waals surface area contributed by atoms with Gasteiger partial charge in [-0.1, -0.05) is 11.6 Å². The lowest BCUT2D eigenvalue weighted by Gasteiger charge is -2.17. The van der Waals surface area contributed by atoms with Gasteiger partial charge in [0.05, 0.1) is 9.90 Å². The molecule has 106 valence electrons. The lowest BCUT2D eigenvalue weighted by atomic mass is 10.1. The van der Waals surface area contributed by atoms with E-state index < -0.39 is 11.8 Å². The monoisotopic (exact) mass is 313 g/mol. The van der Waals surface area contributed by atoms with Gasteiger partial charge in [0.15, 0.2) is 0 Å². The number of hydrogen-bond acceptors (Lipinski definition) is 3. The van der Waals surface area contributed by atoms with Crippen molar-refractivity contribution in [1.82, 2.24) is 4.90 Å². The van der Waals surface area contributed by atoms with Crippen LogP contribution in [0.1, 0.15) is 20.8 Å². The van der Waals surface area contributed by atoms with Gasteiger partial charge in [0.1, 0.15) is 5.82 Å². The van der Waals surface area contributed by atoms with Crippen LogP contribution in [0.5, 0.6) is 0 Å². The van der Waals surface area contributed by atoms with Crippen LogP contribution in [0.2, 0.25) is 4.34 Å². The third kappa shape index (κ3) is 3.79. The zero-order chi connectivity index (χ0) is 14.7. The second-order valence-electron chi connectivity index (χ2n) is 4.48. The highest BCUT2D eigenvalue weighted by atomic mass is 35.5. The summed E-state index contributed by atoms with van der Waals surface area (Å²) in [4.78, 5) is 14.1. The molecule has 0 bridgehead atoms. The number of carboxylic acid groups (broad SMARTS) is 1. The van der Waals surface area contributed by atoms with Crippen molar-refractivity contribution in [2.24, 2.45) is 0 Å². The van der Waals surface area contributed by atoms with Crippen LogP contribution < -0.4 is 0 Å². The summed E-state index contributed by atoms with van der Waals surface area (Å²) in [6, 6.07) is 7.46. The minimum absolute atomic E-state index is 0.127. The Hall–Kier alpha value is -1.43. The van der Waals surface area contributed by atoms with Gasteiger partial charge in [-0.2, -0.15) is 0 Å². The quantitative estimate of drug-likeness (QED) is 0.911. The maximum absolute atomic E-state index is 13.3. The first-order chi connectivity index (χ1) is 9.45. The van der Waals surface area contributed by atoms with Crippen molar-refractivity contribution in [3.63, 3.8) is 0 Å². The van der Waals surface area contributed by atoms with Crippen molar-refractivity contribution in [3.05, 3.63) is 56.5 Å². The molecule has 1 heterocycles. The Kier molecular flexibility index (Phi) is 4.75. The molecule has 0 aliphatic heterocycles. The summed E-state index contributed by atoms with van der Waals surface area (Å²) in [7, 11) is 1.85. The van der Waals surface area contributed by atoms with E-state index in [0.29, 0.717) is 23.0 Å². The number of nitrogens with zero attached hydrogens (tertiary/aromatic N) is 1. The second-order valence-corrected chi connectivity index (χ2v) is 6.28. The third-order valence-corrected chi connectivity index (χ3v) is 4.01. The molecular formula is C14H13ClFNO2S. The number of carbonyl (C=O) groups is 1. The second kappa shape index (κ2) is 6.35. The van der Waals surface area contributed by atoms with Crippen LogP contribution in [-0.4, -0.2) is 23.0 Å². The Balaban J connectivity index is 2.12. The lowest BCUT2D eigenvalue weighted by Crippen LogP contribution is -2.18. The summed E-state index contributed by atoms with van der Waals surface area (Å²) in [6.07, 6.45) is 0. The first kappa shape index (κ1) is 15.0. The van der Waals surface area contributed by atoms with E-state index in [9.17, 15) is 9.18 Å². The highest BCUT2D eigenvalue weighted by Crippen LogP contribution is 2.23. The SMILES string of the molecule is CN(Cc1ccc(Cl)s1)Cc1cc(F)ccc1C(=O)O. The van der Waals surface area contributed by atoms with Crippen molar-refractivity contribution in [2.75, 3.05) is 7.05 Å². The molecule has 0 radical (unpaired) electrons. The molecule has 20 heavy (non-hydrogen) atoms. The van der Waals surface area contributed by atoms with Gasteiger partial charge in [-0.25, -0.2) is 9.18 Å². The minimum atomic E-state index is -1.05. The van der Waals surface area contributed by atoms with E-state index in [1.165, 1.54) is 23.5 Å². The topological polar surface area (TPSA) is 40.5 Å². The predicted octanol–water partition coefficient (Wildman–Crippen LogP) is 3.87. The molecule has 1 aromatic heterocycles. The van der Waals surface area contributed by atoms with E-state index in [-0.39, 0.29) is 5.56 Å². The summed E-state index contributed by atoms with van der Waals surface area (Å²) in [5, 5.41) is 9.11. The molecular weight excluding hydrogens is 301 g/mol. The Morgan fingerprint density at radius 3 is 2.70 bits per heavy atom. The fourth-order valence-corrected chi connectivity index (χ4v) is 3.12. The molecule has 0 fully saturated rings. The van der Waals surface area contributed by atoms with Crippen molar-refractivity contribution >= 4 is 28.9 Å². The van der Waals surface area contributed by atoms with Crippen molar-refractivity contribution in [1.29, 1.82) is 0 Å². The summed E-state index contributed by atoms with van der Waals surface area (Å²) in [6.45, 7) is 0.988. The smallest absolute Gasteiger partial charge is 0.336 e. The average Bonchev–Trinajstić information content (AvgIpc) is 2.74. The fourth-order valence-electron chi connectivity index (χ4n) is 1.95. The summed E-state index contributed by atoms with van der Waals surface area (Å²) < 4.78 is 14.0. The largest absolute Gasteiger partial charge is 0.478 e. The zero-order valence-electron chi connectivity index (χ0n) is 10.8. The van der Waals surface area contributed by atoms with Crippen molar-refractivity contribution < 1.29 is 14.3 Å². The summed E-state index contributed by atoms with van der Waals surface area (Å²) in [5.74, 6) is -1.48. The molecule has 3 nitrogen and oxygen atoms in total. The predicted molar refractivity (Wildman–Crippen MR) is 77.9 cm³/mol. The summed E-state index contributed by atoms with van der Waals surface area (Å²) >= 11 is 7.34. The molecule has 0 saturated heterocycles. The van der Waals surface area contributed by atoms with Crippen LogP contribution in [0, 0.1) is 5.82 Å². The number of thiophene rings is 1. The van der Waals surface area contributed by atoms with E-state index in [1.54, 1.807) is 0 Å². The number of aromatic carboxylic acids is 1. The molecule has 0 saturated carbocycles. The van der Waals surface area contributed by atoms with E-state index in [0.717, 1.165) is 10.9 Å². The fraction of sp³-hybridized carbons (Fsp3) is 0.214. The molecule has 0 spiro atoms. The Bertz CT molecular complexity index is 629. The van der Waals surface area contributed by atoms with Gasteiger partial charge in [-0.05, 0) is 42.9 Å². The van der Waals surface area contributed by atoms with E-state index >= 15 is 0 Å². The van der Waals surface area contributed by atoms with Gasteiger partial charge in [0, 0.05) is 18.0 Å². The highest BCUT2D eigenvalue weighted by molar-refractivity contribution is 7.16. The number of benzene rings is 1. The summed E-state index contributed by atoms with van der Waals surface area (Å²) in [5.41, 5.74) is 0.588. The molecule has 0 unspecified atom stereocenters. The van der Waals surface area contributed by atoms with Crippen LogP contribution in [0.3, 0.4) is 0 Å². The first-order valence-electron chi connectivity index (χ1n) is 5.90. The third-order valence-electron chi connectivity index (χ3n) is 2.79. The van der Waals surface area contributed by atoms with Crippen LogP contribution in [0.25, 0.3) is 0 Å². The van der Waals surface area contributed by atoms with Gasteiger partial charge >= 0.3 is 5.97 Å². The molecule has 0 atom stereocenters. The van der Waals surface area contributed by atoms with E-state index in [4.69, 9.17) is 16.7 Å². The molecule has 0 aliphatic carbocycles. The molecule has 1 N–H and O–H groups in total. The normalized spacial score (nSPS) is 11.0. The average molecular weight is 314 g/mol. The Morgan fingerprint density at radius 1 is 1.35 bits per heavy atom. The molecule has 1 aromatic carbocycles. The number of halogens is 2. The van der Waals surface area contributed by atoms with Crippen LogP contribution in [0.15, 0.2) is 30.3 Å². The van der Waals surface area contributed by atoms with Gasteiger partial charge in [-0.15, -0.1) is 11.3 Å². The van der Waals surface area contributed by atoms with Crippen LogP contribution in [0.4, 0.5) is 4.39 Å². The highest BCUT2D eigenvalue weighted by Gasteiger charge is 2.13. The number of hydrogen-bond donors (Lipinski definition) is 1. The van der Waals surface area contributed by atoms with Crippen molar-refractivity contribution in [3.8, 4) is 0 Å². The molecule has 2 rings (SSSR count). The van der Waals surface area contributed by atoms with E-state index in [2.05, 4.69) is 0 Å². The van der Waals surface area contributed by atoms with Crippen LogP contribution in [-0.2, 0) is 13.1 Å². The van der Waals surface area contributed by atoms with E-state index in [1.807, 2.05) is 24.1 Å². The zero-order valence-corrected chi connectivity index (χ0v) is 12.3. The Morgan fingerprint density at radius 2 is 2.10 bits per heavy atom. The Labute approximate surface area is 125 Å². The maximum Gasteiger partial charge on any atom is 0.336 e. The molecule has 6 heteroatoms. The molecule has 2 aromatic rings. The number of carboxylic acids is 1. The maximum atomic E-state index is 13.3.